The van der Waals surface area contributed by atoms with Crippen LogP contribution in [0.4, 0.5) is 5.69 Å². The Morgan fingerprint density at radius 3 is 2.23 bits per heavy atom. The van der Waals surface area contributed by atoms with Crippen LogP contribution in [0.3, 0.4) is 0 Å². The van der Waals surface area contributed by atoms with Crippen molar-refractivity contribution in [1.82, 2.24) is 15.2 Å². The Morgan fingerprint density at radius 1 is 0.841 bits per heavy atom. The molecule has 8 heteroatoms. The number of nitrogens with zero attached hydrogens (tertiary/aromatic N) is 1. The molecule has 0 saturated carbocycles. The second kappa shape index (κ2) is 13.6. The number of carbonyl (C=O) groups is 2. The number of nitrogens with one attached hydrogen (secondary N) is 3. The van der Waals surface area contributed by atoms with Crippen LogP contribution in [0.2, 0.25) is 0 Å². The topological polar surface area (TPSA) is 107 Å². The molecular formula is C36H36N4O4. The lowest BCUT2D eigenvalue weighted by atomic mass is 10.0. The molecule has 2 heterocycles. The first-order chi connectivity index (χ1) is 21.5. The van der Waals surface area contributed by atoms with Gasteiger partial charge >= 0.3 is 5.97 Å². The van der Waals surface area contributed by atoms with E-state index < -0.39 is 5.97 Å². The van der Waals surface area contributed by atoms with E-state index in [9.17, 15) is 9.59 Å². The third-order valence-electron chi connectivity index (χ3n) is 8.09. The molecule has 4 N–H and O–H groups in total. The maximum absolute atomic E-state index is 12.5. The fourth-order valence-electron chi connectivity index (χ4n) is 5.61. The summed E-state index contributed by atoms with van der Waals surface area (Å²) in [6.07, 6.45) is 4.38. The molecule has 0 unspecified atom stereocenters. The highest BCUT2D eigenvalue weighted by molar-refractivity contribution is 5.91. The number of carboxylic acids is 1. The van der Waals surface area contributed by atoms with Crippen LogP contribution in [0, 0.1) is 0 Å². The van der Waals surface area contributed by atoms with Crippen LogP contribution in [0.5, 0.6) is 11.5 Å². The van der Waals surface area contributed by atoms with Gasteiger partial charge in [-0.3, -0.25) is 9.69 Å². The monoisotopic (exact) mass is 588 g/mol. The van der Waals surface area contributed by atoms with Crippen molar-refractivity contribution in [3.8, 4) is 22.6 Å². The number of ether oxygens (including phenoxy) is 1. The molecule has 6 rings (SSSR count). The molecule has 1 aliphatic heterocycles. The third-order valence-corrected chi connectivity index (χ3v) is 8.09. The zero-order valence-corrected chi connectivity index (χ0v) is 24.5. The average molecular weight is 589 g/mol. The first-order valence-electron chi connectivity index (χ1n) is 15.0. The van der Waals surface area contributed by atoms with Gasteiger partial charge in [-0.05, 0) is 115 Å². The Morgan fingerprint density at radius 2 is 1.52 bits per heavy atom. The van der Waals surface area contributed by atoms with Crippen molar-refractivity contribution in [2.45, 2.75) is 31.8 Å². The van der Waals surface area contributed by atoms with Crippen LogP contribution in [0.25, 0.3) is 22.0 Å². The van der Waals surface area contributed by atoms with Crippen LogP contribution in [0.1, 0.15) is 35.2 Å². The molecule has 0 bridgehead atoms. The largest absolute Gasteiger partial charge is 0.478 e. The van der Waals surface area contributed by atoms with Crippen LogP contribution >= 0.6 is 0 Å². The van der Waals surface area contributed by atoms with Crippen LogP contribution < -0.4 is 15.4 Å². The molecule has 1 amide bonds. The van der Waals surface area contributed by atoms with Crippen molar-refractivity contribution in [3.63, 3.8) is 0 Å². The van der Waals surface area contributed by atoms with E-state index in [1.54, 1.807) is 12.1 Å². The fraction of sp³-hybridized carbons (Fsp3) is 0.222. The van der Waals surface area contributed by atoms with Gasteiger partial charge in [0.15, 0.2) is 0 Å². The molecule has 1 saturated heterocycles. The molecule has 224 valence electrons. The highest BCUT2D eigenvalue weighted by atomic mass is 16.5. The fourth-order valence-corrected chi connectivity index (χ4v) is 5.61. The van der Waals surface area contributed by atoms with E-state index >= 15 is 0 Å². The van der Waals surface area contributed by atoms with Gasteiger partial charge in [-0.25, -0.2) is 4.79 Å². The predicted octanol–water partition coefficient (Wildman–Crippen LogP) is 6.91. The number of H-pyrrole nitrogens is 1. The molecular weight excluding hydrogens is 552 g/mol. The zero-order valence-electron chi connectivity index (χ0n) is 24.5. The van der Waals surface area contributed by atoms with Gasteiger partial charge in [-0.2, -0.15) is 0 Å². The van der Waals surface area contributed by atoms with E-state index in [0.717, 1.165) is 66.1 Å². The predicted molar refractivity (Wildman–Crippen MR) is 173 cm³/mol. The van der Waals surface area contributed by atoms with Crippen LogP contribution in [0.15, 0.2) is 103 Å². The molecule has 1 fully saturated rings. The maximum atomic E-state index is 12.5. The van der Waals surface area contributed by atoms with Gasteiger partial charge in [0.25, 0.3) is 0 Å². The Balaban J connectivity index is 0.896. The SMILES string of the molecule is O=C(CCNC1CCN(Cc2ccc(C(=O)O)cc2)CC1)Nc1ccc(Oc2ccc(-c3ccc4[nH]ccc4c3)cc2)cc1. The third kappa shape index (κ3) is 7.53. The summed E-state index contributed by atoms with van der Waals surface area (Å²) < 4.78 is 6.02. The minimum atomic E-state index is -0.902. The first-order valence-corrected chi connectivity index (χ1v) is 15.0. The number of fused-ring (bicyclic) bond motifs is 1. The Bertz CT molecular complexity index is 1700. The number of hydrogen-bond donors (Lipinski definition) is 4. The summed E-state index contributed by atoms with van der Waals surface area (Å²) in [4.78, 5) is 29.2. The van der Waals surface area contributed by atoms with Gasteiger partial charge in [-0.15, -0.1) is 0 Å². The number of benzene rings is 4. The number of likely N-dealkylation sites (tertiary alicyclic amines) is 1. The van der Waals surface area contributed by atoms with Gasteiger partial charge in [0.1, 0.15) is 11.5 Å². The van der Waals surface area contributed by atoms with Crippen molar-refractivity contribution in [2.24, 2.45) is 0 Å². The lowest BCUT2D eigenvalue weighted by Gasteiger charge is -2.32. The summed E-state index contributed by atoms with van der Waals surface area (Å²) >= 11 is 0. The average Bonchev–Trinajstić information content (AvgIpc) is 3.52. The van der Waals surface area contributed by atoms with E-state index in [2.05, 4.69) is 56.9 Å². The summed E-state index contributed by atoms with van der Waals surface area (Å²) in [7, 11) is 0. The van der Waals surface area contributed by atoms with Gasteiger partial charge in [0.05, 0.1) is 5.56 Å². The normalized spacial score (nSPS) is 14.0. The number of rotatable bonds is 11. The van der Waals surface area contributed by atoms with Crippen molar-refractivity contribution >= 4 is 28.5 Å². The van der Waals surface area contributed by atoms with E-state index in [4.69, 9.17) is 9.84 Å². The number of carbonyl (C=O) groups excluding carboxylic acids is 1. The molecule has 1 aromatic heterocycles. The van der Waals surface area contributed by atoms with E-state index in [-0.39, 0.29) is 5.91 Å². The molecule has 0 spiro atoms. The summed E-state index contributed by atoms with van der Waals surface area (Å²) in [5.74, 6) is 0.525. The highest BCUT2D eigenvalue weighted by Gasteiger charge is 2.19. The highest BCUT2D eigenvalue weighted by Crippen LogP contribution is 2.28. The van der Waals surface area contributed by atoms with E-state index in [0.29, 0.717) is 30.3 Å². The molecule has 5 aromatic rings. The molecule has 8 nitrogen and oxygen atoms in total. The number of piperidine rings is 1. The van der Waals surface area contributed by atoms with Gasteiger partial charge in [0, 0.05) is 43.0 Å². The Hall–Kier alpha value is -4.92. The minimum absolute atomic E-state index is 0.0261. The number of amides is 1. The smallest absolute Gasteiger partial charge is 0.335 e. The molecule has 0 aliphatic carbocycles. The second-order valence-corrected chi connectivity index (χ2v) is 11.2. The Labute approximate surface area is 256 Å². The molecule has 1 aliphatic rings. The maximum Gasteiger partial charge on any atom is 0.335 e. The zero-order chi connectivity index (χ0) is 30.3. The van der Waals surface area contributed by atoms with Crippen LogP contribution in [-0.2, 0) is 11.3 Å². The van der Waals surface area contributed by atoms with E-state index in [1.165, 1.54) is 5.39 Å². The van der Waals surface area contributed by atoms with Gasteiger partial charge in [-0.1, -0.05) is 30.3 Å². The molecule has 0 atom stereocenters. The lowest BCUT2D eigenvalue weighted by Crippen LogP contribution is -2.42. The minimum Gasteiger partial charge on any atom is -0.478 e. The lowest BCUT2D eigenvalue weighted by molar-refractivity contribution is -0.116. The summed E-state index contributed by atoms with van der Waals surface area (Å²) in [5, 5.41) is 16.7. The van der Waals surface area contributed by atoms with Crippen molar-refractivity contribution in [3.05, 3.63) is 114 Å². The first kappa shape index (κ1) is 29.2. The summed E-state index contributed by atoms with van der Waals surface area (Å²) in [5.41, 5.74) is 5.57. The Kier molecular flexibility index (Phi) is 9.01. The van der Waals surface area contributed by atoms with Crippen molar-refractivity contribution < 1.29 is 19.4 Å². The number of anilines is 1. The van der Waals surface area contributed by atoms with Crippen LogP contribution in [-0.4, -0.2) is 52.5 Å². The number of aromatic carboxylic acids is 1. The summed E-state index contributed by atoms with van der Waals surface area (Å²) in [6, 6.07) is 31.4. The number of hydrogen-bond acceptors (Lipinski definition) is 5. The van der Waals surface area contributed by atoms with Gasteiger partial charge < -0.3 is 25.5 Å². The second-order valence-electron chi connectivity index (χ2n) is 11.2. The number of aromatic amines is 1. The summed E-state index contributed by atoms with van der Waals surface area (Å²) in [6.45, 7) is 3.38. The quantitative estimate of drug-likeness (QED) is 0.134. The van der Waals surface area contributed by atoms with Gasteiger partial charge in [0.2, 0.25) is 5.91 Å². The molecule has 44 heavy (non-hydrogen) atoms. The van der Waals surface area contributed by atoms with Crippen molar-refractivity contribution in [1.29, 1.82) is 0 Å². The molecule has 4 aromatic carbocycles. The molecule has 0 radical (unpaired) electrons. The number of aromatic nitrogens is 1. The standard InChI is InChI=1S/C36H36N4O4/c41-35(16-20-37-30-17-21-40(22-18-30)24-25-1-3-27(4-2-25)36(42)43)39-31-8-12-33(13-9-31)44-32-10-5-26(6-11-32)28-7-14-34-29(23-28)15-19-38-34/h1-15,19,23,30,37-38H,16-18,20-22,24H2,(H,39,41)(H,42,43). The number of carboxylic acid groups (broad SMARTS) is 1. The van der Waals surface area contributed by atoms with Crippen molar-refractivity contribution in [2.75, 3.05) is 25.0 Å². The van der Waals surface area contributed by atoms with E-state index in [1.807, 2.05) is 54.7 Å².